The molecular formula is C8H14O3S2. The van der Waals surface area contributed by atoms with Crippen molar-refractivity contribution in [3.05, 3.63) is 0 Å². The molecule has 0 aliphatic carbocycles. The first-order valence-corrected chi connectivity index (χ1v) is 5.41. The highest BCUT2D eigenvalue weighted by Gasteiger charge is 2.11. The summed E-state index contributed by atoms with van der Waals surface area (Å²) in [6, 6.07) is 0. The monoisotopic (exact) mass is 222 g/mol. The minimum atomic E-state index is -0.272. The molecular weight excluding hydrogens is 208 g/mol. The predicted molar refractivity (Wildman–Crippen MR) is 57.7 cm³/mol. The lowest BCUT2D eigenvalue weighted by molar-refractivity contribution is -0.144. The van der Waals surface area contributed by atoms with Gasteiger partial charge in [-0.3, -0.25) is 4.79 Å². The van der Waals surface area contributed by atoms with Crippen LogP contribution in [0, 0.1) is 0 Å². The van der Waals surface area contributed by atoms with Crippen molar-refractivity contribution >= 4 is 34.3 Å². The van der Waals surface area contributed by atoms with E-state index in [1.54, 1.807) is 13.8 Å². The Morgan fingerprint density at radius 2 is 2.15 bits per heavy atom. The fourth-order valence-electron chi connectivity index (χ4n) is 0.580. The van der Waals surface area contributed by atoms with Gasteiger partial charge in [-0.25, -0.2) is 0 Å². The summed E-state index contributed by atoms with van der Waals surface area (Å²) in [6.45, 7) is 5.92. The second kappa shape index (κ2) is 7.15. The van der Waals surface area contributed by atoms with E-state index in [2.05, 4.69) is 0 Å². The quantitative estimate of drug-likeness (QED) is 0.414. The summed E-state index contributed by atoms with van der Waals surface area (Å²) >= 11 is 6.10. The second-order valence-electron chi connectivity index (χ2n) is 2.21. The number of ether oxygens (including phenoxy) is 2. The zero-order chi connectivity index (χ0) is 10.3. The third-order valence-corrected chi connectivity index (χ3v) is 2.26. The molecule has 3 nitrogen and oxygen atoms in total. The number of esters is 1. The molecule has 0 heterocycles. The molecule has 0 fully saturated rings. The first kappa shape index (κ1) is 12.7. The number of rotatable bonds is 4. The van der Waals surface area contributed by atoms with Crippen LogP contribution in [0.2, 0.25) is 0 Å². The fourth-order valence-corrected chi connectivity index (χ4v) is 1.72. The van der Waals surface area contributed by atoms with Gasteiger partial charge < -0.3 is 9.47 Å². The van der Waals surface area contributed by atoms with Crippen LogP contribution in [0.4, 0.5) is 0 Å². The summed E-state index contributed by atoms with van der Waals surface area (Å²) in [6.07, 6.45) is 0.381. The third kappa shape index (κ3) is 6.83. The van der Waals surface area contributed by atoms with E-state index in [4.69, 9.17) is 21.7 Å². The molecule has 0 N–H and O–H groups in total. The molecule has 0 aromatic carbocycles. The predicted octanol–water partition coefficient (Wildman–Crippen LogP) is 2.34. The molecule has 0 aliphatic rings. The molecule has 0 aromatic rings. The zero-order valence-electron chi connectivity index (χ0n) is 8.03. The Balaban J connectivity index is 3.67. The maximum absolute atomic E-state index is 10.8. The van der Waals surface area contributed by atoms with E-state index in [0.717, 1.165) is 0 Å². The Morgan fingerprint density at radius 1 is 1.54 bits per heavy atom. The van der Waals surface area contributed by atoms with E-state index in [0.29, 0.717) is 17.4 Å². The second-order valence-corrected chi connectivity index (χ2v) is 4.11. The van der Waals surface area contributed by atoms with E-state index in [9.17, 15) is 4.79 Å². The number of thioether (sulfide) groups is 1. The van der Waals surface area contributed by atoms with Gasteiger partial charge in [-0.05, 0) is 37.8 Å². The van der Waals surface area contributed by atoms with Crippen molar-refractivity contribution in [3.63, 3.8) is 0 Å². The molecule has 0 bridgehead atoms. The summed E-state index contributed by atoms with van der Waals surface area (Å²) in [5.74, 6) is -0.223. The van der Waals surface area contributed by atoms with Crippen molar-refractivity contribution in [1.29, 1.82) is 0 Å². The average Bonchev–Trinajstić information content (AvgIpc) is 2.04. The molecule has 0 spiro atoms. The van der Waals surface area contributed by atoms with Gasteiger partial charge in [0.25, 0.3) is 0 Å². The third-order valence-electron chi connectivity index (χ3n) is 1.11. The fraction of sp³-hybridized carbons (Fsp3) is 0.750. The van der Waals surface area contributed by atoms with Gasteiger partial charge >= 0.3 is 5.97 Å². The van der Waals surface area contributed by atoms with Gasteiger partial charge in [-0.15, -0.1) is 0 Å². The van der Waals surface area contributed by atoms with Gasteiger partial charge in [0.1, 0.15) is 0 Å². The van der Waals surface area contributed by atoms with Gasteiger partial charge in [0.05, 0.1) is 6.61 Å². The maximum atomic E-state index is 10.8. The first-order valence-electron chi connectivity index (χ1n) is 4.13. The van der Waals surface area contributed by atoms with E-state index in [1.165, 1.54) is 11.8 Å². The van der Waals surface area contributed by atoms with Crippen LogP contribution in [0.25, 0.3) is 0 Å². The van der Waals surface area contributed by atoms with Crippen LogP contribution in [-0.4, -0.2) is 22.4 Å². The van der Waals surface area contributed by atoms with Gasteiger partial charge in [-0.2, -0.15) is 0 Å². The van der Waals surface area contributed by atoms with Gasteiger partial charge in [0, 0.05) is 6.42 Å². The summed E-state index contributed by atoms with van der Waals surface area (Å²) < 4.78 is 10.4. The summed E-state index contributed by atoms with van der Waals surface area (Å²) in [5.41, 5.74) is -0.272. The van der Waals surface area contributed by atoms with Crippen LogP contribution in [0.1, 0.15) is 27.2 Å². The summed E-state index contributed by atoms with van der Waals surface area (Å²) in [7, 11) is 0. The lowest BCUT2D eigenvalue weighted by Crippen LogP contribution is -2.13. The Labute approximate surface area is 88.2 Å². The van der Waals surface area contributed by atoms with Crippen molar-refractivity contribution < 1.29 is 14.3 Å². The van der Waals surface area contributed by atoms with Gasteiger partial charge in [0.2, 0.25) is 4.38 Å². The highest BCUT2D eigenvalue weighted by molar-refractivity contribution is 8.22. The largest absolute Gasteiger partial charge is 0.479 e. The van der Waals surface area contributed by atoms with Crippen LogP contribution in [0.5, 0.6) is 0 Å². The molecule has 0 aromatic heterocycles. The van der Waals surface area contributed by atoms with Crippen molar-refractivity contribution in [2.45, 2.75) is 32.6 Å². The van der Waals surface area contributed by atoms with Crippen LogP contribution in [-0.2, 0) is 14.3 Å². The number of carbonyl (C=O) groups excluding carboxylic acids is 1. The Hall–Kier alpha value is -0.290. The molecule has 0 radical (unpaired) electrons. The molecule has 1 atom stereocenters. The van der Waals surface area contributed by atoms with E-state index >= 15 is 0 Å². The zero-order valence-corrected chi connectivity index (χ0v) is 9.67. The topological polar surface area (TPSA) is 35.5 Å². The minimum Gasteiger partial charge on any atom is -0.479 e. The average molecular weight is 222 g/mol. The SMILES string of the molecule is CCOC(=S)SC(C)OC(=O)CC. The van der Waals surface area contributed by atoms with E-state index in [-0.39, 0.29) is 11.4 Å². The highest BCUT2D eigenvalue weighted by Crippen LogP contribution is 2.15. The van der Waals surface area contributed by atoms with Crippen molar-refractivity contribution in [2.24, 2.45) is 0 Å². The van der Waals surface area contributed by atoms with Crippen molar-refractivity contribution in [2.75, 3.05) is 6.61 Å². The Morgan fingerprint density at radius 3 is 2.62 bits per heavy atom. The number of carbonyl (C=O) groups is 1. The standard InChI is InChI=1S/C8H14O3S2/c1-4-7(9)11-6(3)13-8(12)10-5-2/h6H,4-5H2,1-3H3. The molecule has 0 rings (SSSR count). The van der Waals surface area contributed by atoms with Gasteiger partial charge in [-0.1, -0.05) is 6.92 Å². The molecule has 0 aliphatic heterocycles. The lowest BCUT2D eigenvalue weighted by Gasteiger charge is -2.12. The number of hydrogen-bond acceptors (Lipinski definition) is 5. The van der Waals surface area contributed by atoms with Crippen LogP contribution < -0.4 is 0 Å². The minimum absolute atomic E-state index is 0.223. The van der Waals surface area contributed by atoms with E-state index in [1.807, 2.05) is 6.92 Å². The maximum Gasteiger partial charge on any atom is 0.306 e. The van der Waals surface area contributed by atoms with Crippen LogP contribution in [0.15, 0.2) is 0 Å². The molecule has 0 saturated carbocycles. The summed E-state index contributed by atoms with van der Waals surface area (Å²) in [4.78, 5) is 10.8. The van der Waals surface area contributed by atoms with Crippen molar-refractivity contribution in [1.82, 2.24) is 0 Å². The molecule has 5 heteroatoms. The lowest BCUT2D eigenvalue weighted by atomic mass is 10.5. The number of hydrogen-bond donors (Lipinski definition) is 0. The molecule has 76 valence electrons. The van der Waals surface area contributed by atoms with Crippen LogP contribution in [0.3, 0.4) is 0 Å². The Kier molecular flexibility index (Phi) is 6.99. The smallest absolute Gasteiger partial charge is 0.306 e. The van der Waals surface area contributed by atoms with Crippen LogP contribution >= 0.6 is 24.0 Å². The molecule has 0 saturated heterocycles. The van der Waals surface area contributed by atoms with Crippen molar-refractivity contribution in [3.8, 4) is 0 Å². The molecule has 13 heavy (non-hydrogen) atoms. The van der Waals surface area contributed by atoms with Gasteiger partial charge in [0.15, 0.2) is 5.44 Å². The highest BCUT2D eigenvalue weighted by atomic mass is 32.2. The Bertz CT molecular complexity index is 182. The molecule has 0 amide bonds. The summed E-state index contributed by atoms with van der Waals surface area (Å²) in [5, 5.41) is 0. The first-order chi connectivity index (χ1) is 6.10. The normalized spacial score (nSPS) is 11.9. The molecule has 1 unspecified atom stereocenters. The number of thiocarbonyl (C=S) groups is 1. The van der Waals surface area contributed by atoms with E-state index < -0.39 is 0 Å².